The zero-order chi connectivity index (χ0) is 9.02. The fraction of sp³-hybridized carbons (Fsp3) is 0.750. The van der Waals surface area contributed by atoms with Crippen molar-refractivity contribution < 1.29 is 9.59 Å². The van der Waals surface area contributed by atoms with Gasteiger partial charge in [-0.05, 0) is 5.92 Å². The van der Waals surface area contributed by atoms with Crippen molar-refractivity contribution in [2.75, 3.05) is 6.54 Å². The van der Waals surface area contributed by atoms with Crippen LogP contribution in [0, 0.1) is 5.92 Å². The molecule has 0 saturated heterocycles. The van der Waals surface area contributed by atoms with Gasteiger partial charge in [0.15, 0.2) is 0 Å². The number of imide groups is 1. The first kappa shape index (κ1) is 10.1. The fourth-order valence-corrected chi connectivity index (χ4v) is 0.844. The van der Waals surface area contributed by atoms with Gasteiger partial charge in [-0.1, -0.05) is 13.8 Å². The van der Waals surface area contributed by atoms with Crippen LogP contribution in [0.15, 0.2) is 0 Å². The predicted octanol–water partition coefficient (Wildman–Crippen LogP) is 1.04. The lowest BCUT2D eigenvalue weighted by Gasteiger charge is -2.18. The van der Waals surface area contributed by atoms with E-state index in [1.807, 2.05) is 13.8 Å². The Labute approximate surface area is 67.4 Å². The molecule has 0 aromatic heterocycles. The third kappa shape index (κ3) is 3.75. The molecule has 0 N–H and O–H groups in total. The van der Waals surface area contributed by atoms with E-state index in [9.17, 15) is 9.59 Å². The molecular weight excluding hydrogens is 142 g/mol. The molecule has 64 valence electrons. The van der Waals surface area contributed by atoms with E-state index in [0.717, 1.165) is 0 Å². The maximum atomic E-state index is 10.8. The molecule has 3 heteroatoms. The summed E-state index contributed by atoms with van der Waals surface area (Å²) in [5.74, 6) is -0.0137. The molecule has 0 aromatic carbocycles. The van der Waals surface area contributed by atoms with Crippen molar-refractivity contribution in [3.8, 4) is 0 Å². The molecule has 3 nitrogen and oxygen atoms in total. The summed E-state index contributed by atoms with van der Waals surface area (Å²) in [6.45, 7) is 7.27. The van der Waals surface area contributed by atoms with Gasteiger partial charge in [0.1, 0.15) is 0 Å². The molecule has 0 unspecified atom stereocenters. The van der Waals surface area contributed by atoms with Gasteiger partial charge in [0, 0.05) is 20.4 Å². The molecule has 0 saturated carbocycles. The van der Waals surface area contributed by atoms with Crippen LogP contribution in [0.3, 0.4) is 0 Å². The Morgan fingerprint density at radius 3 is 1.64 bits per heavy atom. The van der Waals surface area contributed by atoms with Crippen molar-refractivity contribution in [3.05, 3.63) is 0 Å². The molecule has 0 bridgehead atoms. The lowest BCUT2D eigenvalue weighted by molar-refractivity contribution is -0.142. The Kier molecular flexibility index (Phi) is 3.79. The smallest absolute Gasteiger partial charge is 0.226 e. The Bertz CT molecular complexity index is 149. The Morgan fingerprint density at radius 1 is 1.18 bits per heavy atom. The van der Waals surface area contributed by atoms with E-state index < -0.39 is 0 Å². The van der Waals surface area contributed by atoms with Crippen molar-refractivity contribution in [3.63, 3.8) is 0 Å². The summed E-state index contributed by atoms with van der Waals surface area (Å²) in [5.41, 5.74) is 0. The minimum absolute atomic E-state index is 0.175. The van der Waals surface area contributed by atoms with Crippen LogP contribution in [-0.2, 0) is 9.59 Å². The third-order valence-electron chi connectivity index (χ3n) is 1.31. The summed E-state index contributed by atoms with van der Waals surface area (Å²) >= 11 is 0. The fourth-order valence-electron chi connectivity index (χ4n) is 0.844. The minimum atomic E-state index is -0.175. The first-order valence-corrected chi connectivity index (χ1v) is 3.73. The van der Waals surface area contributed by atoms with E-state index >= 15 is 0 Å². The maximum Gasteiger partial charge on any atom is 0.226 e. The molecule has 0 aliphatic carbocycles. The van der Waals surface area contributed by atoms with E-state index in [0.29, 0.717) is 12.5 Å². The quantitative estimate of drug-likeness (QED) is 0.600. The molecule has 2 amide bonds. The van der Waals surface area contributed by atoms with Gasteiger partial charge in [-0.3, -0.25) is 14.5 Å². The lowest BCUT2D eigenvalue weighted by atomic mass is 10.2. The van der Waals surface area contributed by atoms with Crippen LogP contribution in [0.25, 0.3) is 0 Å². The van der Waals surface area contributed by atoms with Gasteiger partial charge < -0.3 is 0 Å². The predicted molar refractivity (Wildman–Crippen MR) is 42.9 cm³/mol. The number of carbonyl (C=O) groups is 2. The van der Waals surface area contributed by atoms with Gasteiger partial charge >= 0.3 is 0 Å². The number of hydrogen-bond donors (Lipinski definition) is 0. The third-order valence-corrected chi connectivity index (χ3v) is 1.31. The minimum Gasteiger partial charge on any atom is -0.283 e. The number of nitrogens with zero attached hydrogens (tertiary/aromatic N) is 1. The molecule has 0 spiro atoms. The molecule has 0 atom stereocenters. The number of amides is 2. The van der Waals surface area contributed by atoms with Gasteiger partial charge in [0.05, 0.1) is 0 Å². The van der Waals surface area contributed by atoms with Crippen molar-refractivity contribution in [1.29, 1.82) is 0 Å². The SMILES string of the molecule is CC(=O)N(CC(C)C)C(C)=O. The maximum absolute atomic E-state index is 10.8. The van der Waals surface area contributed by atoms with Gasteiger partial charge in [0.25, 0.3) is 0 Å². The first-order chi connectivity index (χ1) is 4.95. The summed E-state index contributed by atoms with van der Waals surface area (Å²) in [5, 5.41) is 0. The van der Waals surface area contributed by atoms with Crippen LogP contribution >= 0.6 is 0 Å². The largest absolute Gasteiger partial charge is 0.283 e. The second-order valence-corrected chi connectivity index (χ2v) is 3.04. The summed E-state index contributed by atoms with van der Waals surface area (Å²) in [7, 11) is 0. The Hall–Kier alpha value is -0.860. The summed E-state index contributed by atoms with van der Waals surface area (Å²) < 4.78 is 0. The molecule has 11 heavy (non-hydrogen) atoms. The van der Waals surface area contributed by atoms with E-state index in [1.54, 1.807) is 0 Å². The van der Waals surface area contributed by atoms with Crippen LogP contribution in [0.4, 0.5) is 0 Å². The lowest BCUT2D eigenvalue weighted by Crippen LogP contribution is -2.36. The molecule has 0 rings (SSSR count). The molecule has 0 fully saturated rings. The summed E-state index contributed by atoms with van der Waals surface area (Å²) in [6.07, 6.45) is 0. The van der Waals surface area contributed by atoms with Crippen molar-refractivity contribution >= 4 is 11.8 Å². The molecule has 0 aromatic rings. The number of rotatable bonds is 2. The standard InChI is InChI=1S/C8H15NO2/c1-6(2)5-9(7(3)10)8(4)11/h6H,5H2,1-4H3. The van der Waals surface area contributed by atoms with Crippen molar-refractivity contribution in [2.45, 2.75) is 27.7 Å². The van der Waals surface area contributed by atoms with Crippen LogP contribution in [0.2, 0.25) is 0 Å². The van der Waals surface area contributed by atoms with Crippen LogP contribution in [0.5, 0.6) is 0 Å². The number of carbonyl (C=O) groups excluding carboxylic acids is 2. The molecular formula is C8H15NO2. The average Bonchev–Trinajstić information content (AvgIpc) is 1.81. The Morgan fingerprint density at radius 2 is 1.55 bits per heavy atom. The zero-order valence-electron chi connectivity index (χ0n) is 7.55. The monoisotopic (exact) mass is 157 g/mol. The van der Waals surface area contributed by atoms with Crippen molar-refractivity contribution in [2.24, 2.45) is 5.92 Å². The van der Waals surface area contributed by atoms with Gasteiger partial charge in [-0.15, -0.1) is 0 Å². The van der Waals surface area contributed by atoms with E-state index in [2.05, 4.69) is 0 Å². The highest BCUT2D eigenvalue weighted by Crippen LogP contribution is 1.99. The number of hydrogen-bond acceptors (Lipinski definition) is 2. The highest BCUT2D eigenvalue weighted by atomic mass is 16.2. The normalized spacial score (nSPS) is 9.91. The Balaban J connectivity index is 4.12. The van der Waals surface area contributed by atoms with Crippen LogP contribution < -0.4 is 0 Å². The second kappa shape index (κ2) is 4.11. The van der Waals surface area contributed by atoms with E-state index in [-0.39, 0.29) is 11.8 Å². The van der Waals surface area contributed by atoms with Gasteiger partial charge in [0.2, 0.25) is 11.8 Å². The zero-order valence-corrected chi connectivity index (χ0v) is 7.55. The van der Waals surface area contributed by atoms with Crippen LogP contribution in [-0.4, -0.2) is 23.3 Å². The van der Waals surface area contributed by atoms with Crippen LogP contribution in [0.1, 0.15) is 27.7 Å². The molecule has 0 aliphatic heterocycles. The highest BCUT2D eigenvalue weighted by Gasteiger charge is 2.13. The topological polar surface area (TPSA) is 37.4 Å². The van der Waals surface area contributed by atoms with E-state index in [1.165, 1.54) is 18.7 Å². The molecule has 0 radical (unpaired) electrons. The average molecular weight is 157 g/mol. The van der Waals surface area contributed by atoms with Crippen molar-refractivity contribution in [1.82, 2.24) is 4.90 Å². The van der Waals surface area contributed by atoms with Gasteiger partial charge in [-0.25, -0.2) is 0 Å². The summed E-state index contributed by atoms with van der Waals surface area (Å²) in [4.78, 5) is 22.9. The molecule has 0 aliphatic rings. The highest BCUT2D eigenvalue weighted by molar-refractivity contribution is 5.92. The van der Waals surface area contributed by atoms with E-state index in [4.69, 9.17) is 0 Å². The van der Waals surface area contributed by atoms with Gasteiger partial charge in [-0.2, -0.15) is 0 Å². The first-order valence-electron chi connectivity index (χ1n) is 3.73. The molecule has 0 heterocycles. The summed E-state index contributed by atoms with van der Waals surface area (Å²) in [6, 6.07) is 0. The second-order valence-electron chi connectivity index (χ2n) is 3.04.